The van der Waals surface area contributed by atoms with Gasteiger partial charge in [0.05, 0.1) is 12.0 Å². The molecular formula is C21H33N3O2. The number of carbonyl (C=O) groups excluding carboxylic acids is 1. The zero-order chi connectivity index (χ0) is 18.5. The van der Waals surface area contributed by atoms with Gasteiger partial charge in [0.1, 0.15) is 11.5 Å². The molecule has 3 fully saturated rings. The second-order valence-electron chi connectivity index (χ2n) is 9.26. The first-order chi connectivity index (χ1) is 12.3. The molecule has 0 unspecified atom stereocenters. The van der Waals surface area contributed by atoms with Crippen molar-refractivity contribution in [3.63, 3.8) is 0 Å². The van der Waals surface area contributed by atoms with E-state index < -0.39 is 0 Å². The van der Waals surface area contributed by atoms with Gasteiger partial charge in [-0.2, -0.15) is 0 Å². The number of furan rings is 1. The average molecular weight is 360 g/mol. The van der Waals surface area contributed by atoms with Crippen LogP contribution in [0.4, 0.5) is 0 Å². The highest BCUT2D eigenvalue weighted by Gasteiger charge is 2.63. The first kappa shape index (κ1) is 18.1. The topological polar surface area (TPSA) is 39.9 Å². The van der Waals surface area contributed by atoms with Gasteiger partial charge in [0, 0.05) is 27.2 Å². The Morgan fingerprint density at radius 2 is 1.96 bits per heavy atom. The lowest BCUT2D eigenvalue weighted by atomic mass is 9.65. The van der Waals surface area contributed by atoms with Gasteiger partial charge in [-0.15, -0.1) is 0 Å². The van der Waals surface area contributed by atoms with Gasteiger partial charge in [-0.25, -0.2) is 0 Å². The molecule has 3 aliphatic rings. The van der Waals surface area contributed by atoms with Crippen LogP contribution in [0.15, 0.2) is 16.5 Å². The summed E-state index contributed by atoms with van der Waals surface area (Å²) < 4.78 is 5.76. The predicted molar refractivity (Wildman–Crippen MR) is 102 cm³/mol. The monoisotopic (exact) mass is 359 g/mol. The molecule has 2 saturated heterocycles. The number of carbonyl (C=O) groups is 1. The Labute approximate surface area is 157 Å². The summed E-state index contributed by atoms with van der Waals surface area (Å²) in [7, 11) is 6.03. The zero-order valence-corrected chi connectivity index (χ0v) is 16.8. The number of hydrogen-bond donors (Lipinski definition) is 0. The lowest BCUT2D eigenvalue weighted by Gasteiger charge is -2.44. The molecule has 1 aromatic rings. The van der Waals surface area contributed by atoms with Crippen molar-refractivity contribution in [2.24, 2.45) is 16.7 Å². The molecule has 0 aromatic carbocycles. The molecule has 1 saturated carbocycles. The summed E-state index contributed by atoms with van der Waals surface area (Å²) in [5.41, 5.74) is 0.213. The summed E-state index contributed by atoms with van der Waals surface area (Å²) in [6.45, 7) is 7.17. The number of fused-ring (bicyclic) bond motifs is 2. The van der Waals surface area contributed by atoms with Gasteiger partial charge in [0.2, 0.25) is 5.91 Å². The maximum absolute atomic E-state index is 13.1. The van der Waals surface area contributed by atoms with Crippen LogP contribution in [0.5, 0.6) is 0 Å². The number of rotatable bonds is 3. The van der Waals surface area contributed by atoms with Gasteiger partial charge >= 0.3 is 0 Å². The van der Waals surface area contributed by atoms with Gasteiger partial charge in [0.15, 0.2) is 0 Å². The third-order valence-electron chi connectivity index (χ3n) is 7.38. The summed E-state index contributed by atoms with van der Waals surface area (Å²) in [5, 5.41) is 0. The Morgan fingerprint density at radius 1 is 1.23 bits per heavy atom. The van der Waals surface area contributed by atoms with Crippen LogP contribution < -0.4 is 0 Å². The molecule has 3 heterocycles. The van der Waals surface area contributed by atoms with Crippen molar-refractivity contribution >= 4 is 5.91 Å². The van der Waals surface area contributed by atoms with E-state index in [1.165, 1.54) is 19.3 Å². The van der Waals surface area contributed by atoms with Crippen molar-refractivity contribution < 1.29 is 9.21 Å². The maximum Gasteiger partial charge on any atom is 0.229 e. The number of hydrogen-bond acceptors (Lipinski definition) is 4. The normalized spacial score (nSPS) is 31.5. The summed E-state index contributed by atoms with van der Waals surface area (Å²) in [6, 6.07) is 4.15. The zero-order valence-electron chi connectivity index (χ0n) is 16.8. The molecule has 0 N–H and O–H groups in total. The van der Waals surface area contributed by atoms with Gasteiger partial charge < -0.3 is 14.2 Å². The molecule has 5 nitrogen and oxygen atoms in total. The van der Waals surface area contributed by atoms with Crippen LogP contribution in [0.3, 0.4) is 0 Å². The first-order valence-electron chi connectivity index (χ1n) is 10.0. The second kappa shape index (κ2) is 6.38. The number of nitrogens with zero attached hydrogens (tertiary/aromatic N) is 3. The molecule has 2 atom stereocenters. The highest BCUT2D eigenvalue weighted by Crippen LogP contribution is 2.62. The van der Waals surface area contributed by atoms with Crippen LogP contribution in [0.2, 0.25) is 0 Å². The molecule has 0 bridgehead atoms. The number of aryl methyl sites for hydroxylation is 1. The standard InChI is InChI=1S/C21H33N3O2/c1-16-5-6-17(26-16)13-24-11-9-20(10-12-24)7-8-21(19(25)22(2)3)15-23(4)14-18(20)21/h5-6,18H,7-15H2,1-4H3/t18-,21+/m0/s1. The summed E-state index contributed by atoms with van der Waals surface area (Å²) in [6.07, 6.45) is 4.72. The van der Waals surface area contributed by atoms with Crippen LogP contribution in [0.1, 0.15) is 37.2 Å². The van der Waals surface area contributed by atoms with E-state index in [0.29, 0.717) is 17.2 Å². The fourth-order valence-electron chi connectivity index (χ4n) is 6.14. The molecule has 5 heteroatoms. The fraction of sp³-hybridized carbons (Fsp3) is 0.762. The molecule has 144 valence electrons. The SMILES string of the molecule is Cc1ccc(CN2CCC3(CC2)CC[C@@]2(C(=O)N(C)C)CN(C)C[C@@H]32)o1. The summed E-state index contributed by atoms with van der Waals surface area (Å²) >= 11 is 0. The molecule has 0 radical (unpaired) electrons. The minimum Gasteiger partial charge on any atom is -0.465 e. The van der Waals surface area contributed by atoms with Gasteiger partial charge in [-0.3, -0.25) is 9.69 Å². The fourth-order valence-corrected chi connectivity index (χ4v) is 6.14. The van der Waals surface area contributed by atoms with E-state index >= 15 is 0 Å². The van der Waals surface area contributed by atoms with E-state index in [0.717, 1.165) is 50.7 Å². The molecule has 1 amide bonds. The van der Waals surface area contributed by atoms with E-state index in [9.17, 15) is 4.79 Å². The summed E-state index contributed by atoms with van der Waals surface area (Å²) in [5.74, 6) is 2.94. The molecular weight excluding hydrogens is 326 g/mol. The van der Waals surface area contributed by atoms with Gasteiger partial charge in [0.25, 0.3) is 0 Å². The molecule has 26 heavy (non-hydrogen) atoms. The lowest BCUT2D eigenvalue weighted by molar-refractivity contribution is -0.141. The predicted octanol–water partition coefficient (Wildman–Crippen LogP) is 2.60. The largest absolute Gasteiger partial charge is 0.465 e. The number of piperidine rings is 1. The van der Waals surface area contributed by atoms with E-state index in [1.54, 1.807) is 0 Å². The maximum atomic E-state index is 13.1. The number of amides is 1. The third kappa shape index (κ3) is 2.80. The number of likely N-dealkylation sites (tertiary alicyclic amines) is 2. The summed E-state index contributed by atoms with van der Waals surface area (Å²) in [4.78, 5) is 19.9. The highest BCUT2D eigenvalue weighted by atomic mass is 16.3. The van der Waals surface area contributed by atoms with E-state index in [1.807, 2.05) is 32.0 Å². The van der Waals surface area contributed by atoms with E-state index in [4.69, 9.17) is 4.42 Å². The minimum atomic E-state index is -0.140. The van der Waals surface area contributed by atoms with Gasteiger partial charge in [-0.05, 0) is 76.2 Å². The minimum absolute atomic E-state index is 0.140. The lowest BCUT2D eigenvalue weighted by Crippen LogP contribution is -2.48. The third-order valence-corrected chi connectivity index (χ3v) is 7.38. The molecule has 1 aromatic heterocycles. The Hall–Kier alpha value is -1.33. The van der Waals surface area contributed by atoms with E-state index in [-0.39, 0.29) is 5.41 Å². The highest BCUT2D eigenvalue weighted by molar-refractivity contribution is 5.84. The van der Waals surface area contributed by atoms with Crippen LogP contribution in [0.25, 0.3) is 0 Å². The Balaban J connectivity index is 1.47. The van der Waals surface area contributed by atoms with Crippen LogP contribution >= 0.6 is 0 Å². The molecule has 2 aliphatic heterocycles. The molecule has 1 spiro atoms. The quantitative estimate of drug-likeness (QED) is 0.832. The molecule has 4 rings (SSSR count). The Morgan fingerprint density at radius 3 is 2.58 bits per heavy atom. The van der Waals surface area contributed by atoms with Crippen LogP contribution in [-0.2, 0) is 11.3 Å². The molecule has 1 aliphatic carbocycles. The second-order valence-corrected chi connectivity index (χ2v) is 9.26. The van der Waals surface area contributed by atoms with Crippen molar-refractivity contribution in [3.05, 3.63) is 23.7 Å². The smallest absolute Gasteiger partial charge is 0.229 e. The van der Waals surface area contributed by atoms with Gasteiger partial charge in [-0.1, -0.05) is 0 Å². The Bertz CT molecular complexity index is 675. The van der Waals surface area contributed by atoms with Crippen molar-refractivity contribution in [1.82, 2.24) is 14.7 Å². The van der Waals surface area contributed by atoms with Crippen molar-refractivity contribution in [3.8, 4) is 0 Å². The van der Waals surface area contributed by atoms with Crippen molar-refractivity contribution in [2.45, 2.75) is 39.2 Å². The first-order valence-corrected chi connectivity index (χ1v) is 10.0. The van der Waals surface area contributed by atoms with Crippen molar-refractivity contribution in [1.29, 1.82) is 0 Å². The van der Waals surface area contributed by atoms with Crippen molar-refractivity contribution in [2.75, 3.05) is 47.3 Å². The van der Waals surface area contributed by atoms with E-state index in [2.05, 4.69) is 22.9 Å². The average Bonchev–Trinajstić information content (AvgIpc) is 3.24. The Kier molecular flexibility index (Phi) is 4.43. The van der Waals surface area contributed by atoms with Crippen LogP contribution in [0, 0.1) is 23.7 Å². The van der Waals surface area contributed by atoms with Crippen LogP contribution in [-0.4, -0.2) is 67.9 Å².